The van der Waals surface area contributed by atoms with Gasteiger partial charge in [0, 0.05) is 24.3 Å². The monoisotopic (exact) mass is 428 g/mol. The third kappa shape index (κ3) is 5.07. The second-order valence-corrected chi connectivity index (χ2v) is 8.04. The molecule has 4 rings (SSSR count). The average Bonchev–Trinajstić information content (AvgIpc) is 3.20. The molecule has 31 heavy (non-hydrogen) atoms. The number of nitrogens with one attached hydrogen (secondary N) is 1. The fourth-order valence-electron chi connectivity index (χ4n) is 3.12. The van der Waals surface area contributed by atoms with Crippen LogP contribution in [0.2, 0.25) is 0 Å². The first-order chi connectivity index (χ1) is 14.9. The Kier molecular flexibility index (Phi) is 6.26. The molecule has 0 unspecified atom stereocenters. The number of aromatic nitrogens is 4. The highest BCUT2D eigenvalue weighted by Gasteiger charge is 2.32. The Morgan fingerprint density at radius 2 is 1.84 bits per heavy atom. The van der Waals surface area contributed by atoms with Crippen LogP contribution in [0.3, 0.4) is 0 Å². The maximum absolute atomic E-state index is 13.5. The molecule has 164 valence electrons. The summed E-state index contributed by atoms with van der Waals surface area (Å²) >= 11 is 0. The Hall–Kier alpha value is -2.88. The summed E-state index contributed by atoms with van der Waals surface area (Å²) in [6, 6.07) is 8.09. The van der Waals surface area contributed by atoms with Crippen LogP contribution in [0.1, 0.15) is 26.0 Å². The van der Waals surface area contributed by atoms with Crippen molar-refractivity contribution in [3.63, 3.8) is 0 Å². The number of methoxy groups -OCH3 is 1. The molecule has 1 N–H and O–H groups in total. The molecule has 1 saturated heterocycles. The highest BCUT2D eigenvalue weighted by Crippen LogP contribution is 2.35. The van der Waals surface area contributed by atoms with E-state index in [-0.39, 0.29) is 17.2 Å². The van der Waals surface area contributed by atoms with Gasteiger partial charge in [0.05, 0.1) is 36.9 Å². The van der Waals surface area contributed by atoms with Gasteiger partial charge < -0.3 is 23.9 Å². The minimum absolute atomic E-state index is 0.0627. The van der Waals surface area contributed by atoms with Crippen LogP contribution in [0.5, 0.6) is 6.01 Å². The molecular weight excluding hydrogens is 403 g/mol. The Morgan fingerprint density at radius 1 is 1.10 bits per heavy atom. The summed E-state index contributed by atoms with van der Waals surface area (Å²) in [5, 5.41) is 0. The number of hydrogen-bond donors (Lipinski definition) is 1. The molecule has 0 spiro atoms. The SMILES string of the molecule is COCCOc1nccc(-c2[nH]c(C3OCC(C)(C)CO3)nc2-c2ccc(F)cc2)n1. The molecule has 0 amide bonds. The van der Waals surface area contributed by atoms with Gasteiger partial charge in [0.2, 0.25) is 6.29 Å². The van der Waals surface area contributed by atoms with E-state index < -0.39 is 6.29 Å². The van der Waals surface area contributed by atoms with Gasteiger partial charge in [0.1, 0.15) is 12.4 Å². The first-order valence-electron chi connectivity index (χ1n) is 9.99. The number of rotatable bonds is 7. The quantitative estimate of drug-likeness (QED) is 0.573. The molecule has 8 nitrogen and oxygen atoms in total. The first kappa shape index (κ1) is 21.4. The van der Waals surface area contributed by atoms with Gasteiger partial charge in [-0.2, -0.15) is 4.98 Å². The first-order valence-corrected chi connectivity index (χ1v) is 9.99. The van der Waals surface area contributed by atoms with Crippen LogP contribution in [0.15, 0.2) is 36.5 Å². The van der Waals surface area contributed by atoms with Crippen LogP contribution in [0, 0.1) is 11.2 Å². The fraction of sp³-hybridized carbons (Fsp3) is 0.409. The predicted molar refractivity (Wildman–Crippen MR) is 111 cm³/mol. The van der Waals surface area contributed by atoms with Crippen LogP contribution in [0.25, 0.3) is 22.6 Å². The third-order valence-electron chi connectivity index (χ3n) is 4.72. The molecule has 0 atom stereocenters. The van der Waals surface area contributed by atoms with Crippen molar-refractivity contribution in [2.24, 2.45) is 5.41 Å². The summed E-state index contributed by atoms with van der Waals surface area (Å²) in [6.45, 7) is 6.00. The van der Waals surface area contributed by atoms with Crippen molar-refractivity contribution >= 4 is 0 Å². The lowest BCUT2D eigenvalue weighted by molar-refractivity contribution is -0.229. The molecule has 1 aliphatic heterocycles. The molecule has 1 fully saturated rings. The largest absolute Gasteiger partial charge is 0.461 e. The summed E-state index contributed by atoms with van der Waals surface area (Å²) in [4.78, 5) is 16.6. The molecule has 0 radical (unpaired) electrons. The molecule has 0 aliphatic carbocycles. The fourth-order valence-corrected chi connectivity index (χ4v) is 3.12. The molecule has 2 aromatic heterocycles. The minimum atomic E-state index is -0.625. The smallest absolute Gasteiger partial charge is 0.317 e. The number of nitrogens with zero attached hydrogens (tertiary/aromatic N) is 3. The number of imidazole rings is 1. The van der Waals surface area contributed by atoms with Crippen molar-refractivity contribution < 1.29 is 23.3 Å². The normalized spacial score (nSPS) is 16.4. The van der Waals surface area contributed by atoms with E-state index in [1.165, 1.54) is 12.1 Å². The van der Waals surface area contributed by atoms with E-state index in [9.17, 15) is 4.39 Å². The van der Waals surface area contributed by atoms with Gasteiger partial charge in [-0.25, -0.2) is 14.4 Å². The average molecular weight is 428 g/mol. The van der Waals surface area contributed by atoms with Crippen LogP contribution >= 0.6 is 0 Å². The van der Waals surface area contributed by atoms with Gasteiger partial charge in [0.25, 0.3) is 0 Å². The molecule has 9 heteroatoms. The second-order valence-electron chi connectivity index (χ2n) is 8.04. The topological polar surface area (TPSA) is 91.4 Å². The molecular formula is C22H25FN4O4. The van der Waals surface area contributed by atoms with Crippen molar-refractivity contribution in [2.45, 2.75) is 20.1 Å². The summed E-state index contributed by atoms with van der Waals surface area (Å²) in [5.74, 6) is 0.198. The van der Waals surface area contributed by atoms with E-state index in [2.05, 4.69) is 28.8 Å². The number of halogens is 1. The number of benzene rings is 1. The highest BCUT2D eigenvalue weighted by atomic mass is 19.1. The number of H-pyrrole nitrogens is 1. The minimum Gasteiger partial charge on any atom is -0.461 e. The molecule has 0 saturated carbocycles. The molecule has 1 aromatic carbocycles. The lowest BCUT2D eigenvalue weighted by Crippen LogP contribution is -2.34. The van der Waals surface area contributed by atoms with Crippen LogP contribution in [0.4, 0.5) is 4.39 Å². The third-order valence-corrected chi connectivity index (χ3v) is 4.72. The van der Waals surface area contributed by atoms with Crippen molar-refractivity contribution in [1.82, 2.24) is 19.9 Å². The summed E-state index contributed by atoms with van der Waals surface area (Å²) < 4.78 is 35.8. The van der Waals surface area contributed by atoms with Crippen LogP contribution in [-0.4, -0.2) is 53.5 Å². The number of hydrogen-bond acceptors (Lipinski definition) is 7. The zero-order chi connectivity index (χ0) is 21.8. The Morgan fingerprint density at radius 3 is 2.55 bits per heavy atom. The Bertz CT molecular complexity index is 1010. The maximum Gasteiger partial charge on any atom is 0.317 e. The zero-order valence-electron chi connectivity index (χ0n) is 17.7. The maximum atomic E-state index is 13.5. The van der Waals surface area contributed by atoms with Crippen molar-refractivity contribution in [3.8, 4) is 28.7 Å². The van der Waals surface area contributed by atoms with Crippen molar-refractivity contribution in [1.29, 1.82) is 0 Å². The van der Waals surface area contributed by atoms with Gasteiger partial charge in [-0.15, -0.1) is 0 Å². The van der Waals surface area contributed by atoms with E-state index in [1.807, 2.05) is 0 Å². The van der Waals surface area contributed by atoms with Crippen molar-refractivity contribution in [2.75, 3.05) is 33.5 Å². The summed E-state index contributed by atoms with van der Waals surface area (Å²) in [5.41, 5.74) is 2.49. The Labute approximate surface area is 179 Å². The molecule has 0 bridgehead atoms. The van der Waals surface area contributed by atoms with Gasteiger partial charge in [-0.05, 0) is 30.3 Å². The Balaban J connectivity index is 1.69. The highest BCUT2D eigenvalue weighted by molar-refractivity contribution is 5.76. The van der Waals surface area contributed by atoms with Crippen LogP contribution < -0.4 is 4.74 Å². The number of ether oxygens (including phenoxy) is 4. The van der Waals surface area contributed by atoms with Crippen LogP contribution in [-0.2, 0) is 14.2 Å². The van der Waals surface area contributed by atoms with Crippen molar-refractivity contribution in [3.05, 3.63) is 48.2 Å². The van der Waals surface area contributed by atoms with Gasteiger partial charge in [-0.3, -0.25) is 0 Å². The van der Waals surface area contributed by atoms with Gasteiger partial charge >= 0.3 is 6.01 Å². The lowest BCUT2D eigenvalue weighted by atomic mass is 9.96. The predicted octanol–water partition coefficient (Wildman–Crippen LogP) is 3.77. The molecule has 3 aromatic rings. The van der Waals surface area contributed by atoms with E-state index in [0.717, 1.165) is 5.56 Å². The zero-order valence-corrected chi connectivity index (χ0v) is 17.7. The summed E-state index contributed by atoms with van der Waals surface area (Å²) in [7, 11) is 1.60. The second kappa shape index (κ2) is 9.09. The van der Waals surface area contributed by atoms with Gasteiger partial charge in [-0.1, -0.05) is 13.8 Å². The standard InChI is InChI=1S/C22H25FN4O4/c1-22(2)12-30-20(31-13-22)19-26-17(14-4-6-15(23)7-5-14)18(27-19)16-8-9-24-21(25-16)29-11-10-28-3/h4-9,20H,10-13H2,1-3H3,(H,26,27). The van der Waals surface area contributed by atoms with E-state index in [1.54, 1.807) is 31.5 Å². The van der Waals surface area contributed by atoms with E-state index >= 15 is 0 Å². The molecule has 1 aliphatic rings. The van der Waals surface area contributed by atoms with E-state index in [0.29, 0.717) is 49.3 Å². The van der Waals surface area contributed by atoms with E-state index in [4.69, 9.17) is 23.9 Å². The lowest BCUT2D eigenvalue weighted by Gasteiger charge is -2.33. The summed E-state index contributed by atoms with van der Waals surface area (Å²) in [6.07, 6.45) is 0.982. The molecule has 3 heterocycles. The van der Waals surface area contributed by atoms with Gasteiger partial charge in [0.15, 0.2) is 5.82 Å². The number of aromatic amines is 1.